The van der Waals surface area contributed by atoms with Crippen molar-refractivity contribution in [1.82, 2.24) is 9.80 Å². The molecule has 6 rings (SSSR count). The van der Waals surface area contributed by atoms with Crippen molar-refractivity contribution in [3.05, 3.63) is 35.4 Å². The molecule has 2 aliphatic carbocycles. The molecule has 5 aliphatic rings. The van der Waals surface area contributed by atoms with E-state index in [-0.39, 0.29) is 17.6 Å². The van der Waals surface area contributed by atoms with Crippen LogP contribution in [-0.4, -0.2) is 61.2 Å². The maximum absolute atomic E-state index is 14.2. The van der Waals surface area contributed by atoms with E-state index < -0.39 is 17.7 Å². The van der Waals surface area contributed by atoms with E-state index >= 15 is 0 Å². The minimum absolute atomic E-state index is 0.250. The topological polar surface area (TPSA) is 41.7 Å². The predicted octanol–water partition coefficient (Wildman–Crippen LogP) is 2.79. The van der Waals surface area contributed by atoms with Gasteiger partial charge in [0.05, 0.1) is 6.61 Å². The van der Waals surface area contributed by atoms with Crippen molar-refractivity contribution in [3.63, 3.8) is 0 Å². The third-order valence-corrected chi connectivity index (χ3v) is 8.49. The van der Waals surface area contributed by atoms with Crippen LogP contribution in [0.5, 0.6) is 0 Å². The van der Waals surface area contributed by atoms with Crippen LogP contribution in [0.3, 0.4) is 0 Å². The molecule has 5 unspecified atom stereocenters. The van der Waals surface area contributed by atoms with Crippen molar-refractivity contribution >= 4 is 0 Å². The number of piperidine rings is 1. The lowest BCUT2D eigenvalue weighted by atomic mass is 9.88. The van der Waals surface area contributed by atoms with E-state index in [1.807, 2.05) is 0 Å². The summed E-state index contributed by atoms with van der Waals surface area (Å²) in [5.74, 6) is 1.72. The zero-order valence-electron chi connectivity index (χ0n) is 16.9. The molecule has 0 spiro atoms. The van der Waals surface area contributed by atoms with Gasteiger partial charge in [-0.15, -0.1) is 0 Å². The summed E-state index contributed by atoms with van der Waals surface area (Å²) >= 11 is 0. The van der Waals surface area contributed by atoms with Crippen LogP contribution in [0.4, 0.5) is 8.78 Å². The smallest absolute Gasteiger partial charge is 0.129 e. The summed E-state index contributed by atoms with van der Waals surface area (Å²) < 4.78 is 33.8. The number of halogens is 2. The van der Waals surface area contributed by atoms with Crippen molar-refractivity contribution in [2.45, 2.75) is 43.9 Å². The van der Waals surface area contributed by atoms with E-state index in [0.29, 0.717) is 6.61 Å². The molecule has 0 bridgehead atoms. The van der Waals surface area contributed by atoms with Gasteiger partial charge in [0.2, 0.25) is 0 Å². The summed E-state index contributed by atoms with van der Waals surface area (Å²) in [7, 11) is 0. The van der Waals surface area contributed by atoms with Crippen LogP contribution in [-0.2, 0) is 4.74 Å². The van der Waals surface area contributed by atoms with E-state index in [9.17, 15) is 8.78 Å². The first-order valence-electron chi connectivity index (χ1n) is 11.3. The second kappa shape index (κ2) is 6.71. The highest BCUT2D eigenvalue weighted by Crippen LogP contribution is 2.75. The normalized spacial score (nSPS) is 44.4. The van der Waals surface area contributed by atoms with Gasteiger partial charge in [0, 0.05) is 43.8 Å². The maximum atomic E-state index is 14.2. The van der Waals surface area contributed by atoms with Crippen molar-refractivity contribution in [1.29, 1.82) is 0 Å². The molecule has 3 heterocycles. The van der Waals surface area contributed by atoms with E-state index in [2.05, 4.69) is 9.80 Å². The molecule has 158 valence electrons. The number of nitrogens with two attached hydrogens (primary N) is 1. The van der Waals surface area contributed by atoms with E-state index in [0.717, 1.165) is 54.8 Å². The molecule has 4 nitrogen and oxygen atoms in total. The third-order valence-electron chi connectivity index (χ3n) is 8.49. The molecular weight excluding hydrogens is 372 g/mol. The largest absolute Gasteiger partial charge is 0.370 e. The maximum Gasteiger partial charge on any atom is 0.129 e. The Bertz CT molecular complexity index is 798. The van der Waals surface area contributed by atoms with Crippen molar-refractivity contribution in [3.8, 4) is 0 Å². The van der Waals surface area contributed by atoms with Crippen LogP contribution in [0.25, 0.3) is 0 Å². The first-order chi connectivity index (χ1) is 14.0. The Kier molecular flexibility index (Phi) is 4.32. The number of benzene rings is 1. The molecule has 2 saturated carbocycles. The van der Waals surface area contributed by atoms with Crippen LogP contribution in [0.2, 0.25) is 0 Å². The molecule has 0 aromatic heterocycles. The average Bonchev–Trinajstić information content (AvgIpc) is 3.49. The van der Waals surface area contributed by atoms with Crippen molar-refractivity contribution in [2.24, 2.45) is 28.9 Å². The highest BCUT2D eigenvalue weighted by atomic mass is 19.1. The monoisotopic (exact) mass is 403 g/mol. The Morgan fingerprint density at radius 3 is 2.69 bits per heavy atom. The zero-order chi connectivity index (χ0) is 19.8. The second-order valence-corrected chi connectivity index (χ2v) is 10.4. The number of likely N-dealkylation sites (tertiary alicyclic amines) is 2. The van der Waals surface area contributed by atoms with Gasteiger partial charge in [-0.1, -0.05) is 0 Å². The number of hydrogen-bond acceptors (Lipinski definition) is 4. The summed E-state index contributed by atoms with van der Waals surface area (Å²) in [6, 6.07) is 3.49. The Morgan fingerprint density at radius 1 is 1.14 bits per heavy atom. The van der Waals surface area contributed by atoms with Crippen molar-refractivity contribution in [2.75, 3.05) is 39.3 Å². The fourth-order valence-corrected chi connectivity index (χ4v) is 6.38. The number of hydrogen-bond donors (Lipinski definition) is 1. The number of fused-ring (bicyclic) bond motifs is 2. The fourth-order valence-electron chi connectivity index (χ4n) is 6.38. The lowest BCUT2D eigenvalue weighted by Crippen LogP contribution is -2.48. The predicted molar refractivity (Wildman–Crippen MR) is 106 cm³/mol. The molecular formula is C23H31F2N3O. The number of nitrogens with zero attached hydrogens (tertiary/aromatic N) is 2. The molecule has 5 atom stereocenters. The lowest BCUT2D eigenvalue weighted by Gasteiger charge is -2.39. The van der Waals surface area contributed by atoms with Crippen LogP contribution < -0.4 is 5.73 Å². The first-order valence-corrected chi connectivity index (χ1v) is 11.3. The standard InChI is InChI=1S/C23H31F2N3O/c24-17-1-2-20(25)19(5-17)22-21(26)6-18(12-29-22)28-10-14-3-4-27(9-15(14)11-28)13-23-7-16(23)8-23/h1-2,5,14-16,18,21-22H,3-4,6-13,26H2. The number of rotatable bonds is 4. The molecule has 0 amide bonds. The van der Waals surface area contributed by atoms with Crippen LogP contribution in [0, 0.1) is 34.8 Å². The minimum atomic E-state index is -0.563. The molecule has 0 radical (unpaired) electrons. The lowest BCUT2D eigenvalue weighted by molar-refractivity contribution is -0.0480. The van der Waals surface area contributed by atoms with Gasteiger partial charge in [0.1, 0.15) is 17.7 Å². The molecule has 3 aliphatic heterocycles. The van der Waals surface area contributed by atoms with E-state index in [1.54, 1.807) is 0 Å². The summed E-state index contributed by atoms with van der Waals surface area (Å²) in [5.41, 5.74) is 7.38. The summed E-state index contributed by atoms with van der Waals surface area (Å²) in [6.07, 6.45) is 4.47. The molecule has 6 heteroatoms. The van der Waals surface area contributed by atoms with Gasteiger partial charge in [-0.25, -0.2) is 8.78 Å². The molecule has 29 heavy (non-hydrogen) atoms. The highest BCUT2D eigenvalue weighted by Gasteiger charge is 2.69. The molecule has 1 aromatic carbocycles. The first kappa shape index (κ1) is 18.7. The molecule has 5 fully saturated rings. The van der Waals surface area contributed by atoms with Crippen molar-refractivity contribution < 1.29 is 13.5 Å². The molecule has 1 aromatic rings. The van der Waals surface area contributed by atoms with Gasteiger partial charge in [-0.2, -0.15) is 0 Å². The number of ether oxygens (including phenoxy) is 1. The van der Waals surface area contributed by atoms with Gasteiger partial charge >= 0.3 is 0 Å². The summed E-state index contributed by atoms with van der Waals surface area (Å²) in [6.45, 7) is 6.63. The van der Waals surface area contributed by atoms with Gasteiger partial charge in [-0.05, 0) is 73.6 Å². The average molecular weight is 404 g/mol. The second-order valence-electron chi connectivity index (χ2n) is 10.4. The minimum Gasteiger partial charge on any atom is -0.370 e. The van der Waals surface area contributed by atoms with Crippen LogP contribution in [0.1, 0.15) is 37.4 Å². The SMILES string of the molecule is NC1CC(N2CC3CCN(CC45CC4C5)CC3C2)COC1c1cc(F)ccc1F. The van der Waals surface area contributed by atoms with Gasteiger partial charge in [0.25, 0.3) is 0 Å². The van der Waals surface area contributed by atoms with Crippen LogP contribution >= 0.6 is 0 Å². The Balaban J connectivity index is 1.07. The van der Waals surface area contributed by atoms with Gasteiger partial charge in [-0.3, -0.25) is 4.90 Å². The Hall–Kier alpha value is -1.08. The molecule has 2 N–H and O–H groups in total. The van der Waals surface area contributed by atoms with Gasteiger partial charge < -0.3 is 15.4 Å². The summed E-state index contributed by atoms with van der Waals surface area (Å²) in [4.78, 5) is 5.29. The Morgan fingerprint density at radius 2 is 1.93 bits per heavy atom. The third kappa shape index (κ3) is 3.32. The van der Waals surface area contributed by atoms with E-state index in [4.69, 9.17) is 10.5 Å². The quantitative estimate of drug-likeness (QED) is 0.840. The van der Waals surface area contributed by atoms with Gasteiger partial charge in [0.15, 0.2) is 0 Å². The van der Waals surface area contributed by atoms with Crippen LogP contribution in [0.15, 0.2) is 18.2 Å². The molecule has 3 saturated heterocycles. The summed E-state index contributed by atoms with van der Waals surface area (Å²) in [5, 5.41) is 0. The van der Waals surface area contributed by atoms with E-state index in [1.165, 1.54) is 45.0 Å². The Labute approximate surface area is 171 Å². The zero-order valence-corrected chi connectivity index (χ0v) is 16.9. The highest BCUT2D eigenvalue weighted by molar-refractivity contribution is 5.23. The fraction of sp³-hybridized carbons (Fsp3) is 0.739.